The first kappa shape index (κ1) is 20.9. The van der Waals surface area contributed by atoms with Gasteiger partial charge in [-0.1, -0.05) is 42.0 Å². The Morgan fingerprint density at radius 1 is 1.07 bits per heavy atom. The predicted molar refractivity (Wildman–Crippen MR) is 110 cm³/mol. The number of carbonyl (C=O) groups excluding carboxylic acids is 2. The van der Waals surface area contributed by atoms with E-state index in [-0.39, 0.29) is 30.3 Å². The highest BCUT2D eigenvalue weighted by atomic mass is 35.5. The highest BCUT2D eigenvalue weighted by molar-refractivity contribution is 6.04. The van der Waals surface area contributed by atoms with E-state index in [0.29, 0.717) is 23.8 Å². The van der Waals surface area contributed by atoms with Gasteiger partial charge >= 0.3 is 0 Å². The monoisotopic (exact) mass is 387 g/mol. The molecule has 0 radical (unpaired) electrons. The van der Waals surface area contributed by atoms with Crippen LogP contribution >= 0.6 is 12.4 Å². The fourth-order valence-electron chi connectivity index (χ4n) is 2.69. The topological polar surface area (TPSA) is 70.2 Å². The molecule has 6 heteroatoms. The van der Waals surface area contributed by atoms with Gasteiger partial charge in [-0.15, -0.1) is 12.4 Å². The van der Waals surface area contributed by atoms with Crippen molar-refractivity contribution in [2.24, 2.45) is 0 Å². The molecule has 0 spiro atoms. The van der Waals surface area contributed by atoms with Gasteiger partial charge in [-0.25, -0.2) is 0 Å². The van der Waals surface area contributed by atoms with Crippen molar-refractivity contribution in [3.8, 4) is 0 Å². The summed E-state index contributed by atoms with van der Waals surface area (Å²) in [4.78, 5) is 24.9. The molecule has 1 aliphatic rings. The summed E-state index contributed by atoms with van der Waals surface area (Å²) in [7, 11) is 0. The number of amides is 2. The smallest absolute Gasteiger partial charge is 0.253 e. The molecule has 27 heavy (non-hydrogen) atoms. The Bertz CT molecular complexity index is 788. The number of rotatable bonds is 7. The molecule has 144 valence electrons. The van der Waals surface area contributed by atoms with Gasteiger partial charge in [0.25, 0.3) is 5.91 Å². The SMILES string of the molecule is Cc1ccc(CNC(=O)c2ccccc2NC(=O)C(C)NC2CC2)cc1.Cl. The van der Waals surface area contributed by atoms with Gasteiger partial charge in [-0.3, -0.25) is 9.59 Å². The van der Waals surface area contributed by atoms with Gasteiger partial charge in [-0.05, 0) is 44.4 Å². The number of halogens is 1. The molecule has 1 unspecified atom stereocenters. The summed E-state index contributed by atoms with van der Waals surface area (Å²) < 4.78 is 0. The normalized spacial score (nSPS) is 14.0. The first-order valence-corrected chi connectivity index (χ1v) is 9.02. The minimum Gasteiger partial charge on any atom is -0.348 e. The molecule has 1 atom stereocenters. The molecule has 0 bridgehead atoms. The van der Waals surface area contributed by atoms with Crippen LogP contribution in [0.3, 0.4) is 0 Å². The molecule has 0 saturated heterocycles. The zero-order valence-electron chi connectivity index (χ0n) is 15.6. The van der Waals surface area contributed by atoms with Crippen LogP contribution in [0.4, 0.5) is 5.69 Å². The van der Waals surface area contributed by atoms with Gasteiger partial charge in [-0.2, -0.15) is 0 Å². The van der Waals surface area contributed by atoms with Crippen molar-refractivity contribution in [2.45, 2.75) is 45.3 Å². The van der Waals surface area contributed by atoms with Crippen LogP contribution in [0.2, 0.25) is 0 Å². The van der Waals surface area contributed by atoms with E-state index >= 15 is 0 Å². The third-order valence-corrected chi connectivity index (χ3v) is 4.46. The Morgan fingerprint density at radius 3 is 2.41 bits per heavy atom. The van der Waals surface area contributed by atoms with Crippen molar-refractivity contribution >= 4 is 29.9 Å². The van der Waals surface area contributed by atoms with Crippen LogP contribution in [0.15, 0.2) is 48.5 Å². The average Bonchev–Trinajstić information content (AvgIpc) is 3.45. The number of hydrogen-bond acceptors (Lipinski definition) is 3. The highest BCUT2D eigenvalue weighted by Crippen LogP contribution is 2.20. The maximum absolute atomic E-state index is 12.6. The lowest BCUT2D eigenvalue weighted by Gasteiger charge is -2.16. The van der Waals surface area contributed by atoms with E-state index in [1.807, 2.05) is 44.2 Å². The van der Waals surface area contributed by atoms with Crippen molar-refractivity contribution in [1.82, 2.24) is 10.6 Å². The molecule has 1 fully saturated rings. The van der Waals surface area contributed by atoms with E-state index in [4.69, 9.17) is 0 Å². The summed E-state index contributed by atoms with van der Waals surface area (Å²) >= 11 is 0. The van der Waals surface area contributed by atoms with E-state index < -0.39 is 0 Å². The van der Waals surface area contributed by atoms with Crippen molar-refractivity contribution in [1.29, 1.82) is 0 Å². The molecule has 5 nitrogen and oxygen atoms in total. The molecule has 0 aliphatic heterocycles. The fourth-order valence-corrected chi connectivity index (χ4v) is 2.69. The zero-order valence-corrected chi connectivity index (χ0v) is 16.4. The molecule has 3 rings (SSSR count). The van der Waals surface area contributed by atoms with E-state index in [0.717, 1.165) is 18.4 Å². The molecule has 0 heterocycles. The number of hydrogen-bond donors (Lipinski definition) is 3. The van der Waals surface area contributed by atoms with Crippen LogP contribution in [-0.2, 0) is 11.3 Å². The van der Waals surface area contributed by atoms with Gasteiger partial charge < -0.3 is 16.0 Å². The Hall–Kier alpha value is -2.37. The molecule has 1 aliphatic carbocycles. The number of aryl methyl sites for hydroxylation is 1. The lowest BCUT2D eigenvalue weighted by Crippen LogP contribution is -2.39. The summed E-state index contributed by atoms with van der Waals surface area (Å²) in [6, 6.07) is 15.3. The minimum atomic E-state index is -0.286. The third-order valence-electron chi connectivity index (χ3n) is 4.46. The second-order valence-corrected chi connectivity index (χ2v) is 6.87. The average molecular weight is 388 g/mol. The number of nitrogens with one attached hydrogen (secondary N) is 3. The van der Waals surface area contributed by atoms with Crippen LogP contribution < -0.4 is 16.0 Å². The quantitative estimate of drug-likeness (QED) is 0.681. The minimum absolute atomic E-state index is 0. The fraction of sp³-hybridized carbons (Fsp3) is 0.333. The van der Waals surface area contributed by atoms with E-state index in [9.17, 15) is 9.59 Å². The molecule has 2 aromatic rings. The maximum Gasteiger partial charge on any atom is 0.253 e. The van der Waals surface area contributed by atoms with Gasteiger partial charge in [0.2, 0.25) is 5.91 Å². The Balaban J connectivity index is 0.00000261. The number of anilines is 1. The molecule has 2 aromatic carbocycles. The standard InChI is InChI=1S/C21H25N3O2.ClH/c1-14-7-9-16(10-8-14)13-22-21(26)18-5-3-4-6-19(18)24-20(25)15(2)23-17-11-12-17;/h3-10,15,17,23H,11-13H2,1-2H3,(H,22,26)(H,24,25);1H. The van der Waals surface area contributed by atoms with Crippen molar-refractivity contribution in [2.75, 3.05) is 5.32 Å². The molecule has 3 N–H and O–H groups in total. The summed E-state index contributed by atoms with van der Waals surface area (Å²) in [5.74, 6) is -0.333. The van der Waals surface area contributed by atoms with Crippen molar-refractivity contribution in [3.05, 3.63) is 65.2 Å². The lowest BCUT2D eigenvalue weighted by atomic mass is 10.1. The Morgan fingerprint density at radius 2 is 1.74 bits per heavy atom. The Kier molecular flexibility index (Phi) is 7.39. The van der Waals surface area contributed by atoms with E-state index in [2.05, 4.69) is 16.0 Å². The van der Waals surface area contributed by atoms with Crippen molar-refractivity contribution in [3.63, 3.8) is 0 Å². The molecule has 1 saturated carbocycles. The third kappa shape index (κ3) is 6.08. The maximum atomic E-state index is 12.6. The van der Waals surface area contributed by atoms with E-state index in [1.54, 1.807) is 18.2 Å². The summed E-state index contributed by atoms with van der Waals surface area (Å²) in [6.07, 6.45) is 2.24. The number of carbonyl (C=O) groups is 2. The summed E-state index contributed by atoms with van der Waals surface area (Å²) in [6.45, 7) is 4.31. The molecular weight excluding hydrogens is 362 g/mol. The lowest BCUT2D eigenvalue weighted by molar-refractivity contribution is -0.117. The molecule has 0 aromatic heterocycles. The summed E-state index contributed by atoms with van der Waals surface area (Å²) in [5.41, 5.74) is 3.21. The second-order valence-electron chi connectivity index (χ2n) is 6.87. The molecule has 2 amide bonds. The van der Waals surface area contributed by atoms with E-state index in [1.165, 1.54) is 5.56 Å². The highest BCUT2D eigenvalue weighted by Gasteiger charge is 2.26. The van der Waals surface area contributed by atoms with Gasteiger partial charge in [0, 0.05) is 12.6 Å². The number of para-hydroxylation sites is 1. The van der Waals surface area contributed by atoms with Gasteiger partial charge in [0.15, 0.2) is 0 Å². The Labute approximate surface area is 166 Å². The predicted octanol–water partition coefficient (Wildman–Crippen LogP) is 3.43. The second kappa shape index (κ2) is 9.53. The van der Waals surface area contributed by atoms with Crippen LogP contribution in [0, 0.1) is 6.92 Å². The summed E-state index contributed by atoms with van der Waals surface area (Å²) in [5, 5.41) is 9.04. The number of benzene rings is 2. The van der Waals surface area contributed by atoms with Crippen molar-refractivity contribution < 1.29 is 9.59 Å². The van der Waals surface area contributed by atoms with Crippen LogP contribution in [-0.4, -0.2) is 23.9 Å². The largest absolute Gasteiger partial charge is 0.348 e. The van der Waals surface area contributed by atoms with Crippen LogP contribution in [0.1, 0.15) is 41.3 Å². The van der Waals surface area contributed by atoms with Gasteiger partial charge in [0.1, 0.15) is 0 Å². The zero-order chi connectivity index (χ0) is 18.5. The first-order chi connectivity index (χ1) is 12.5. The molecular formula is C21H26ClN3O2. The van der Waals surface area contributed by atoms with Crippen LogP contribution in [0.25, 0.3) is 0 Å². The van der Waals surface area contributed by atoms with Crippen LogP contribution in [0.5, 0.6) is 0 Å². The first-order valence-electron chi connectivity index (χ1n) is 9.02. The van der Waals surface area contributed by atoms with Gasteiger partial charge in [0.05, 0.1) is 17.3 Å².